The first-order valence-electron chi connectivity index (χ1n) is 5.46. The average Bonchev–Trinajstić information content (AvgIpc) is 2.29. The van der Waals surface area contributed by atoms with Crippen LogP contribution >= 0.6 is 6.72 Å². The van der Waals surface area contributed by atoms with Crippen LogP contribution in [0.3, 0.4) is 0 Å². The van der Waals surface area contributed by atoms with Gasteiger partial charge in [-0.1, -0.05) is 13.8 Å². The molecule has 0 aromatic carbocycles. The van der Waals surface area contributed by atoms with E-state index in [4.69, 9.17) is 14.0 Å². The fourth-order valence-corrected chi connectivity index (χ4v) is 5.67. The molecular formula is C9H21O5PS. The summed E-state index contributed by atoms with van der Waals surface area (Å²) >= 11 is 0. The van der Waals surface area contributed by atoms with Crippen LogP contribution < -0.4 is 0 Å². The highest BCUT2D eigenvalue weighted by Gasteiger charge is 2.21. The van der Waals surface area contributed by atoms with E-state index in [1.165, 1.54) is 0 Å². The average molecular weight is 272 g/mol. The van der Waals surface area contributed by atoms with E-state index in [0.717, 1.165) is 11.5 Å². The summed E-state index contributed by atoms with van der Waals surface area (Å²) in [6.45, 7) is 2.47. The molecule has 1 unspecified atom stereocenters. The van der Waals surface area contributed by atoms with Gasteiger partial charge in [0, 0.05) is 0 Å². The van der Waals surface area contributed by atoms with Gasteiger partial charge in [-0.2, -0.15) is 0 Å². The van der Waals surface area contributed by atoms with E-state index in [1.54, 1.807) is 0 Å². The zero-order valence-corrected chi connectivity index (χ0v) is 11.5. The van der Waals surface area contributed by atoms with E-state index in [1.807, 2.05) is 13.8 Å². The topological polar surface area (TPSA) is 68.2 Å². The SMILES string of the molecule is CCS(CC)=P(O)(O)OCC1COCCO1. The van der Waals surface area contributed by atoms with E-state index in [-0.39, 0.29) is 12.7 Å². The highest BCUT2D eigenvalue weighted by molar-refractivity contribution is 8.27. The highest BCUT2D eigenvalue weighted by Crippen LogP contribution is 2.43. The minimum atomic E-state index is -3.23. The van der Waals surface area contributed by atoms with Crippen LogP contribution in [0.5, 0.6) is 0 Å². The number of ether oxygens (including phenoxy) is 2. The van der Waals surface area contributed by atoms with Gasteiger partial charge in [-0.25, -0.2) is 0 Å². The molecule has 0 amide bonds. The third-order valence-corrected chi connectivity index (χ3v) is 8.69. The van der Waals surface area contributed by atoms with Crippen LogP contribution in [0.1, 0.15) is 13.8 Å². The zero-order chi connectivity index (χ0) is 12.0. The van der Waals surface area contributed by atoms with Gasteiger partial charge in [-0.3, -0.25) is 0 Å². The van der Waals surface area contributed by atoms with Crippen LogP contribution in [0.4, 0.5) is 0 Å². The fourth-order valence-electron chi connectivity index (χ4n) is 1.43. The molecule has 0 bridgehead atoms. The third-order valence-electron chi connectivity index (χ3n) is 2.32. The van der Waals surface area contributed by atoms with E-state index < -0.39 is 16.8 Å². The quantitative estimate of drug-likeness (QED) is 0.722. The largest absolute Gasteiger partial charge is 0.376 e. The minimum Gasteiger partial charge on any atom is -0.376 e. The normalized spacial score (nSPS) is 22.7. The molecule has 1 fully saturated rings. The molecule has 7 heteroatoms. The summed E-state index contributed by atoms with van der Waals surface area (Å²) in [6.07, 6.45) is -0.174. The first-order valence-corrected chi connectivity index (χ1v) is 9.24. The monoisotopic (exact) mass is 272 g/mol. The van der Waals surface area contributed by atoms with Gasteiger partial charge < -0.3 is 23.8 Å². The summed E-state index contributed by atoms with van der Waals surface area (Å²) in [5.41, 5.74) is 0. The Bertz CT molecular complexity index is 253. The number of rotatable bonds is 5. The molecule has 1 aliphatic heterocycles. The Kier molecular flexibility index (Phi) is 6.51. The van der Waals surface area contributed by atoms with Gasteiger partial charge in [-0.15, -0.1) is 10.1 Å². The third kappa shape index (κ3) is 4.45. The van der Waals surface area contributed by atoms with Gasteiger partial charge in [0.05, 0.1) is 26.4 Å². The Hall–Kier alpha value is 0.580. The van der Waals surface area contributed by atoms with Gasteiger partial charge in [0.25, 0.3) is 6.72 Å². The zero-order valence-electron chi connectivity index (χ0n) is 9.79. The van der Waals surface area contributed by atoms with Gasteiger partial charge in [-0.05, 0) is 11.5 Å². The lowest BCUT2D eigenvalue weighted by molar-refractivity contribution is -0.102. The molecule has 0 aromatic heterocycles. The van der Waals surface area contributed by atoms with Crippen molar-refractivity contribution in [1.82, 2.24) is 0 Å². The smallest absolute Gasteiger partial charge is 0.279 e. The molecule has 0 saturated carbocycles. The van der Waals surface area contributed by atoms with Crippen molar-refractivity contribution < 1.29 is 23.8 Å². The van der Waals surface area contributed by atoms with E-state index in [9.17, 15) is 9.79 Å². The van der Waals surface area contributed by atoms with Crippen molar-refractivity contribution >= 4 is 16.8 Å². The lowest BCUT2D eigenvalue weighted by atomic mass is 10.4. The molecule has 1 aliphatic rings. The summed E-state index contributed by atoms with van der Waals surface area (Å²) in [5.74, 6) is 1.47. The molecule has 1 saturated heterocycles. The van der Waals surface area contributed by atoms with Crippen molar-refractivity contribution in [3.05, 3.63) is 0 Å². The van der Waals surface area contributed by atoms with Crippen molar-refractivity contribution in [3.63, 3.8) is 0 Å². The van der Waals surface area contributed by atoms with Gasteiger partial charge in [0.1, 0.15) is 6.10 Å². The van der Waals surface area contributed by atoms with Gasteiger partial charge >= 0.3 is 0 Å². The summed E-state index contributed by atoms with van der Waals surface area (Å²) in [4.78, 5) is 19.7. The Morgan fingerprint density at radius 1 is 1.31 bits per heavy atom. The second-order valence-corrected chi connectivity index (χ2v) is 9.69. The first kappa shape index (κ1) is 14.6. The van der Waals surface area contributed by atoms with Crippen LogP contribution in [-0.4, -0.2) is 53.8 Å². The molecule has 1 heterocycles. The maximum atomic E-state index is 9.87. The second kappa shape index (κ2) is 7.11. The van der Waals surface area contributed by atoms with E-state index in [2.05, 4.69) is 0 Å². The van der Waals surface area contributed by atoms with Crippen molar-refractivity contribution in [2.45, 2.75) is 20.0 Å². The van der Waals surface area contributed by atoms with Crippen molar-refractivity contribution in [1.29, 1.82) is 0 Å². The predicted octanol–water partition coefficient (Wildman–Crippen LogP) is 0.739. The van der Waals surface area contributed by atoms with Crippen LogP contribution in [0, 0.1) is 0 Å². The molecule has 0 radical (unpaired) electrons. The van der Waals surface area contributed by atoms with Gasteiger partial charge in [0.15, 0.2) is 0 Å². The van der Waals surface area contributed by atoms with Crippen molar-refractivity contribution in [2.24, 2.45) is 0 Å². The van der Waals surface area contributed by atoms with Gasteiger partial charge in [0.2, 0.25) is 0 Å². The number of hydrogen-bond acceptors (Lipinski definition) is 3. The maximum Gasteiger partial charge on any atom is 0.279 e. The summed E-state index contributed by atoms with van der Waals surface area (Å²) in [5, 5.41) is 0. The van der Waals surface area contributed by atoms with Crippen molar-refractivity contribution in [2.75, 3.05) is 37.9 Å². The van der Waals surface area contributed by atoms with E-state index in [0.29, 0.717) is 19.8 Å². The van der Waals surface area contributed by atoms with Crippen molar-refractivity contribution in [3.8, 4) is 0 Å². The lowest BCUT2D eigenvalue weighted by Gasteiger charge is -2.25. The van der Waals surface area contributed by atoms with Crippen LogP contribution in [0.15, 0.2) is 0 Å². The number of hydrogen-bond donors (Lipinski definition) is 2. The predicted molar refractivity (Wildman–Crippen MR) is 66.3 cm³/mol. The molecule has 2 N–H and O–H groups in total. The molecule has 5 nitrogen and oxygen atoms in total. The Morgan fingerprint density at radius 2 is 2.00 bits per heavy atom. The molecule has 16 heavy (non-hydrogen) atoms. The van der Waals surface area contributed by atoms with Crippen LogP contribution in [-0.2, 0) is 24.1 Å². The summed E-state index contributed by atoms with van der Waals surface area (Å²) in [7, 11) is -0.449. The molecule has 1 rings (SSSR count). The standard InChI is InChI=1S/C9H21O5PS/c1-3-16(4-2)15(10,11)14-8-9-7-12-5-6-13-9/h9-11H,3-8H2,1-2H3. The summed E-state index contributed by atoms with van der Waals surface area (Å²) < 4.78 is 15.8. The fraction of sp³-hybridized carbons (Fsp3) is 1.00. The minimum absolute atomic E-state index is 0.174. The second-order valence-electron chi connectivity index (χ2n) is 3.39. The molecule has 0 aromatic rings. The molecule has 98 valence electrons. The summed E-state index contributed by atoms with van der Waals surface area (Å²) in [6, 6.07) is 0. The van der Waals surface area contributed by atoms with E-state index >= 15 is 0 Å². The Labute approximate surface area is 98.9 Å². The molecule has 0 aliphatic carbocycles. The first-order chi connectivity index (χ1) is 7.60. The lowest BCUT2D eigenvalue weighted by Crippen LogP contribution is -2.32. The van der Waals surface area contributed by atoms with Crippen LogP contribution in [0.2, 0.25) is 0 Å². The molecule has 1 atom stereocenters. The molecule has 0 spiro atoms. The highest BCUT2D eigenvalue weighted by atomic mass is 32.5. The molecular weight excluding hydrogens is 251 g/mol. The maximum absolute atomic E-state index is 9.87. The Balaban J connectivity index is 2.48. The van der Waals surface area contributed by atoms with Crippen LogP contribution in [0.25, 0.3) is 0 Å². The Morgan fingerprint density at radius 3 is 2.50 bits per heavy atom.